The number of fused-ring (bicyclic) bond motifs is 5. The van der Waals surface area contributed by atoms with Crippen LogP contribution in [-0.4, -0.2) is 34.6 Å². The number of hydrogen-bond donors (Lipinski definition) is 1. The standard InChI is InChI=1S/C25H25N3O5/c1-3-9-26-12-21(29)33-25(4-2)18-11-20-22-16(10-15-7-5-6-8-19(15)27-22)13-28(20)23(30)17(18)14-32-24(25)31/h5-8,10-11,26H,3-4,9,12-14H2,1-2H3/t25-/m0/s1. The molecule has 0 amide bonds. The normalized spacial score (nSPS) is 18.4. The number of aromatic nitrogens is 2. The SMILES string of the molecule is CCCNCC(=O)O[C@]1(CC)C(=O)OCc2c1cc1n(c2=O)Cc2cc3ccccc3nc2-1. The largest absolute Gasteiger partial charge is 0.457 e. The summed E-state index contributed by atoms with van der Waals surface area (Å²) in [5.74, 6) is -1.23. The molecule has 0 aliphatic carbocycles. The number of para-hydroxylation sites is 1. The summed E-state index contributed by atoms with van der Waals surface area (Å²) in [6, 6.07) is 11.6. The van der Waals surface area contributed by atoms with E-state index >= 15 is 0 Å². The molecule has 1 atom stereocenters. The summed E-state index contributed by atoms with van der Waals surface area (Å²) < 4.78 is 12.7. The van der Waals surface area contributed by atoms with Crippen molar-refractivity contribution in [2.75, 3.05) is 13.1 Å². The van der Waals surface area contributed by atoms with E-state index < -0.39 is 17.5 Å². The summed E-state index contributed by atoms with van der Waals surface area (Å²) in [6.07, 6.45) is 1.01. The Hall–Kier alpha value is -3.52. The monoisotopic (exact) mass is 447 g/mol. The van der Waals surface area contributed by atoms with E-state index in [1.54, 1.807) is 17.6 Å². The van der Waals surface area contributed by atoms with Crippen molar-refractivity contribution >= 4 is 22.8 Å². The number of cyclic esters (lactones) is 1. The highest BCUT2D eigenvalue weighted by molar-refractivity contribution is 5.88. The molecule has 0 saturated heterocycles. The van der Waals surface area contributed by atoms with Gasteiger partial charge in [-0.15, -0.1) is 0 Å². The minimum Gasteiger partial charge on any atom is -0.457 e. The Labute approximate surface area is 190 Å². The van der Waals surface area contributed by atoms with Gasteiger partial charge in [-0.2, -0.15) is 0 Å². The molecule has 0 spiro atoms. The van der Waals surface area contributed by atoms with Crippen molar-refractivity contribution < 1.29 is 19.1 Å². The zero-order chi connectivity index (χ0) is 23.2. The smallest absolute Gasteiger partial charge is 0.355 e. The van der Waals surface area contributed by atoms with Crippen molar-refractivity contribution in [2.24, 2.45) is 0 Å². The molecular formula is C25H25N3O5. The lowest BCUT2D eigenvalue weighted by molar-refractivity contribution is -0.189. The summed E-state index contributed by atoms with van der Waals surface area (Å²) >= 11 is 0. The van der Waals surface area contributed by atoms with E-state index in [2.05, 4.69) is 5.32 Å². The van der Waals surface area contributed by atoms with Crippen LogP contribution in [0.4, 0.5) is 0 Å². The van der Waals surface area contributed by atoms with Crippen LogP contribution in [0.5, 0.6) is 0 Å². The van der Waals surface area contributed by atoms with Crippen molar-refractivity contribution in [1.82, 2.24) is 14.9 Å². The van der Waals surface area contributed by atoms with E-state index in [9.17, 15) is 14.4 Å². The molecule has 3 aromatic rings. The Morgan fingerprint density at radius 2 is 2.06 bits per heavy atom. The third-order valence-corrected chi connectivity index (χ3v) is 6.37. The Balaban J connectivity index is 1.64. The summed E-state index contributed by atoms with van der Waals surface area (Å²) in [7, 11) is 0. The minimum absolute atomic E-state index is 0.0293. The molecule has 0 fully saturated rings. The van der Waals surface area contributed by atoms with Gasteiger partial charge in [0.05, 0.1) is 35.6 Å². The van der Waals surface area contributed by atoms with Gasteiger partial charge in [0.15, 0.2) is 0 Å². The molecule has 8 nitrogen and oxygen atoms in total. The number of carbonyl (C=O) groups is 2. The molecule has 2 aromatic heterocycles. The van der Waals surface area contributed by atoms with E-state index in [0.29, 0.717) is 35.6 Å². The highest BCUT2D eigenvalue weighted by Crippen LogP contribution is 2.40. The van der Waals surface area contributed by atoms with E-state index in [4.69, 9.17) is 14.5 Å². The van der Waals surface area contributed by atoms with Crippen molar-refractivity contribution in [2.45, 2.75) is 45.4 Å². The van der Waals surface area contributed by atoms with Crippen LogP contribution in [0.2, 0.25) is 0 Å². The number of rotatable bonds is 6. The first-order chi connectivity index (χ1) is 16.0. The van der Waals surface area contributed by atoms with Gasteiger partial charge < -0.3 is 19.4 Å². The Morgan fingerprint density at radius 3 is 2.85 bits per heavy atom. The second-order valence-electron chi connectivity index (χ2n) is 8.41. The van der Waals surface area contributed by atoms with Crippen molar-refractivity contribution in [1.29, 1.82) is 0 Å². The van der Waals surface area contributed by atoms with Crippen LogP contribution in [-0.2, 0) is 37.8 Å². The molecular weight excluding hydrogens is 422 g/mol. The summed E-state index contributed by atoms with van der Waals surface area (Å²) in [6.45, 7) is 4.60. The second-order valence-corrected chi connectivity index (χ2v) is 8.41. The van der Waals surface area contributed by atoms with Gasteiger partial charge >= 0.3 is 11.9 Å². The first-order valence-corrected chi connectivity index (χ1v) is 11.2. The van der Waals surface area contributed by atoms with Crippen LogP contribution >= 0.6 is 0 Å². The molecule has 170 valence electrons. The first-order valence-electron chi connectivity index (χ1n) is 11.2. The quantitative estimate of drug-likeness (QED) is 0.358. The predicted molar refractivity (Wildman–Crippen MR) is 122 cm³/mol. The fourth-order valence-corrected chi connectivity index (χ4v) is 4.68. The van der Waals surface area contributed by atoms with Gasteiger partial charge in [0, 0.05) is 16.5 Å². The van der Waals surface area contributed by atoms with Crippen LogP contribution < -0.4 is 10.9 Å². The Kier molecular flexibility index (Phi) is 5.25. The first kappa shape index (κ1) is 21.3. The van der Waals surface area contributed by atoms with Crippen molar-refractivity contribution in [3.05, 3.63) is 63.4 Å². The van der Waals surface area contributed by atoms with Gasteiger partial charge in [-0.05, 0) is 37.6 Å². The highest BCUT2D eigenvalue weighted by atomic mass is 16.6. The van der Waals surface area contributed by atoms with E-state index in [1.807, 2.05) is 37.3 Å². The molecule has 0 saturated carbocycles. The second kappa shape index (κ2) is 8.12. The average Bonchev–Trinajstić information content (AvgIpc) is 3.17. The number of nitrogens with zero attached hydrogens (tertiary/aromatic N) is 2. The topological polar surface area (TPSA) is 99.5 Å². The molecule has 1 N–H and O–H groups in total. The van der Waals surface area contributed by atoms with E-state index in [0.717, 1.165) is 22.9 Å². The summed E-state index contributed by atoms with van der Waals surface area (Å²) in [4.78, 5) is 43.8. The number of hydrogen-bond acceptors (Lipinski definition) is 7. The molecule has 0 unspecified atom stereocenters. The molecule has 0 bridgehead atoms. The van der Waals surface area contributed by atoms with E-state index in [1.165, 1.54) is 0 Å². The molecule has 2 aliphatic rings. The van der Waals surface area contributed by atoms with Gasteiger partial charge in [-0.25, -0.2) is 9.78 Å². The van der Waals surface area contributed by atoms with Crippen LogP contribution in [0, 0.1) is 0 Å². The van der Waals surface area contributed by atoms with Crippen LogP contribution in [0.3, 0.4) is 0 Å². The molecule has 4 heterocycles. The van der Waals surface area contributed by atoms with Gasteiger partial charge in [0.25, 0.3) is 5.56 Å². The third-order valence-electron chi connectivity index (χ3n) is 6.37. The Morgan fingerprint density at radius 1 is 1.24 bits per heavy atom. The van der Waals surface area contributed by atoms with Gasteiger partial charge in [-0.3, -0.25) is 9.59 Å². The number of nitrogens with one attached hydrogen (secondary N) is 1. The summed E-state index contributed by atoms with van der Waals surface area (Å²) in [5, 5.41) is 3.98. The Bertz CT molecular complexity index is 1350. The lowest BCUT2D eigenvalue weighted by Crippen LogP contribution is -2.48. The number of carbonyl (C=O) groups excluding carboxylic acids is 2. The maximum atomic E-state index is 13.5. The maximum absolute atomic E-state index is 13.5. The lowest BCUT2D eigenvalue weighted by Gasteiger charge is -2.35. The summed E-state index contributed by atoms with van der Waals surface area (Å²) in [5.41, 5.74) is 1.90. The highest BCUT2D eigenvalue weighted by Gasteiger charge is 2.50. The van der Waals surface area contributed by atoms with Crippen LogP contribution in [0.25, 0.3) is 22.3 Å². The molecule has 0 radical (unpaired) electrons. The average molecular weight is 447 g/mol. The molecule has 33 heavy (non-hydrogen) atoms. The van der Waals surface area contributed by atoms with Gasteiger partial charge in [0.2, 0.25) is 5.60 Å². The third kappa shape index (κ3) is 3.33. The number of ether oxygens (including phenoxy) is 2. The van der Waals surface area contributed by atoms with E-state index in [-0.39, 0.29) is 25.1 Å². The molecule has 5 rings (SSSR count). The van der Waals surface area contributed by atoms with Gasteiger partial charge in [0.1, 0.15) is 6.61 Å². The van der Waals surface area contributed by atoms with Crippen molar-refractivity contribution in [3.8, 4) is 11.4 Å². The minimum atomic E-state index is -1.66. The predicted octanol–water partition coefficient (Wildman–Crippen LogP) is 2.63. The van der Waals surface area contributed by atoms with Crippen LogP contribution in [0.15, 0.2) is 41.2 Å². The number of esters is 2. The molecule has 2 aliphatic heterocycles. The van der Waals surface area contributed by atoms with Crippen LogP contribution in [0.1, 0.15) is 43.4 Å². The zero-order valence-corrected chi connectivity index (χ0v) is 18.6. The molecule has 8 heteroatoms. The fourth-order valence-electron chi connectivity index (χ4n) is 4.68. The maximum Gasteiger partial charge on any atom is 0.355 e. The fraction of sp³-hybridized carbons (Fsp3) is 0.360. The zero-order valence-electron chi connectivity index (χ0n) is 18.6. The number of pyridine rings is 2. The van der Waals surface area contributed by atoms with Crippen molar-refractivity contribution in [3.63, 3.8) is 0 Å². The van der Waals surface area contributed by atoms with Gasteiger partial charge in [-0.1, -0.05) is 32.0 Å². The molecule has 1 aromatic carbocycles. The number of benzene rings is 1. The lowest BCUT2D eigenvalue weighted by atomic mass is 9.85.